The molecule has 0 aliphatic carbocycles. The number of nitrogens with zero attached hydrogens (tertiary/aromatic N) is 2. The number of fused-ring (bicyclic) bond motifs is 1. The van der Waals surface area contributed by atoms with E-state index in [4.69, 9.17) is 10.7 Å². The number of carbonyl (C=O) groups is 1. The Hall–Kier alpha value is -3.93. The predicted octanol–water partition coefficient (Wildman–Crippen LogP) is 3.61. The van der Waals surface area contributed by atoms with Crippen LogP contribution in [0.3, 0.4) is 0 Å². The monoisotopic (exact) mass is 384 g/mol. The van der Waals surface area contributed by atoms with Gasteiger partial charge in [-0.05, 0) is 18.6 Å². The van der Waals surface area contributed by atoms with Crippen LogP contribution in [0.15, 0.2) is 79.1 Å². The molecule has 4 rings (SSSR count). The van der Waals surface area contributed by atoms with E-state index in [2.05, 4.69) is 5.32 Å². The third-order valence-electron chi connectivity index (χ3n) is 4.88. The van der Waals surface area contributed by atoms with E-state index in [0.717, 1.165) is 11.1 Å². The molecule has 29 heavy (non-hydrogen) atoms. The Morgan fingerprint density at radius 1 is 1.03 bits per heavy atom. The second-order valence-corrected chi connectivity index (χ2v) is 6.82. The maximum absolute atomic E-state index is 13.2. The Morgan fingerprint density at radius 3 is 2.41 bits per heavy atom. The van der Waals surface area contributed by atoms with Crippen LogP contribution in [-0.2, 0) is 0 Å². The van der Waals surface area contributed by atoms with Gasteiger partial charge in [-0.3, -0.25) is 4.79 Å². The topological polar surface area (TPSA) is 95.0 Å². The van der Waals surface area contributed by atoms with E-state index in [9.17, 15) is 10.0 Å². The first kappa shape index (κ1) is 18.4. The van der Waals surface area contributed by atoms with Crippen molar-refractivity contribution in [2.24, 2.45) is 0 Å². The molecule has 0 spiro atoms. The maximum atomic E-state index is 13.2. The SMILES string of the molecule is CC(NC(=O)c1c(N)c(-c2ccccc2)nc2ccccc12)c1cc[n+]([O-])cc1. The van der Waals surface area contributed by atoms with Crippen molar-refractivity contribution in [3.8, 4) is 11.3 Å². The number of para-hydroxylation sites is 1. The lowest BCUT2D eigenvalue weighted by Gasteiger charge is -2.18. The average Bonchev–Trinajstić information content (AvgIpc) is 2.74. The fourth-order valence-electron chi connectivity index (χ4n) is 3.35. The summed E-state index contributed by atoms with van der Waals surface area (Å²) in [5.41, 5.74) is 10.1. The van der Waals surface area contributed by atoms with Crippen LogP contribution >= 0.6 is 0 Å². The largest absolute Gasteiger partial charge is 0.619 e. The highest BCUT2D eigenvalue weighted by Gasteiger charge is 2.21. The third-order valence-corrected chi connectivity index (χ3v) is 4.88. The second-order valence-electron chi connectivity index (χ2n) is 6.82. The molecule has 0 aliphatic heterocycles. The van der Waals surface area contributed by atoms with Crippen LogP contribution in [0.1, 0.15) is 28.9 Å². The van der Waals surface area contributed by atoms with E-state index in [1.54, 1.807) is 12.1 Å². The first-order valence-electron chi connectivity index (χ1n) is 9.28. The number of hydrogen-bond acceptors (Lipinski definition) is 4. The number of aromatic nitrogens is 2. The second kappa shape index (κ2) is 7.59. The minimum absolute atomic E-state index is 0.287. The van der Waals surface area contributed by atoms with E-state index in [1.165, 1.54) is 12.4 Å². The molecular weight excluding hydrogens is 364 g/mol. The number of nitrogen functional groups attached to an aromatic ring is 1. The Kier molecular flexibility index (Phi) is 4.83. The Balaban J connectivity index is 1.78. The first-order chi connectivity index (χ1) is 14.0. The maximum Gasteiger partial charge on any atom is 0.254 e. The molecule has 0 fully saturated rings. The zero-order valence-corrected chi connectivity index (χ0v) is 15.9. The lowest BCUT2D eigenvalue weighted by Crippen LogP contribution is -2.29. The molecule has 6 nitrogen and oxygen atoms in total. The summed E-state index contributed by atoms with van der Waals surface area (Å²) in [6.07, 6.45) is 2.81. The predicted molar refractivity (Wildman–Crippen MR) is 113 cm³/mol. The van der Waals surface area contributed by atoms with E-state index < -0.39 is 0 Å². The highest BCUT2D eigenvalue weighted by Crippen LogP contribution is 2.32. The van der Waals surface area contributed by atoms with Crippen molar-refractivity contribution in [2.45, 2.75) is 13.0 Å². The van der Waals surface area contributed by atoms with E-state index in [-0.39, 0.29) is 11.9 Å². The standard InChI is InChI=1S/C23H20N4O2/c1-15(16-11-13-27(29)14-12-16)25-23(28)20-18-9-5-6-10-19(18)26-22(21(20)24)17-7-3-2-4-8-17/h2-15H,24H2,1H3,(H,25,28). The van der Waals surface area contributed by atoms with Gasteiger partial charge in [-0.1, -0.05) is 48.5 Å². The average molecular weight is 384 g/mol. The Morgan fingerprint density at radius 2 is 1.69 bits per heavy atom. The molecule has 1 unspecified atom stereocenters. The molecule has 0 saturated carbocycles. The van der Waals surface area contributed by atoms with Gasteiger partial charge in [0.25, 0.3) is 5.91 Å². The number of anilines is 1. The number of amides is 1. The van der Waals surface area contributed by atoms with Gasteiger partial charge in [0.05, 0.1) is 28.5 Å². The normalized spacial score (nSPS) is 11.9. The molecule has 0 saturated heterocycles. The summed E-state index contributed by atoms with van der Waals surface area (Å²) in [6, 6.07) is 20.1. The van der Waals surface area contributed by atoms with Crippen molar-refractivity contribution in [2.75, 3.05) is 5.73 Å². The molecule has 2 aromatic heterocycles. The van der Waals surface area contributed by atoms with Crippen molar-refractivity contribution in [1.82, 2.24) is 10.3 Å². The molecular formula is C23H20N4O2. The molecule has 6 heteroatoms. The van der Waals surface area contributed by atoms with Crippen molar-refractivity contribution >= 4 is 22.5 Å². The third kappa shape index (κ3) is 3.60. The number of rotatable bonds is 4. The van der Waals surface area contributed by atoms with Crippen molar-refractivity contribution in [1.29, 1.82) is 0 Å². The fourth-order valence-corrected chi connectivity index (χ4v) is 3.35. The summed E-state index contributed by atoms with van der Waals surface area (Å²) in [6.45, 7) is 1.86. The molecule has 2 aromatic carbocycles. The van der Waals surface area contributed by atoms with Crippen LogP contribution in [0.25, 0.3) is 22.2 Å². The lowest BCUT2D eigenvalue weighted by atomic mass is 10.00. The van der Waals surface area contributed by atoms with E-state index >= 15 is 0 Å². The molecule has 4 aromatic rings. The minimum atomic E-state index is -0.296. The fraction of sp³-hybridized carbons (Fsp3) is 0.0870. The summed E-state index contributed by atoms with van der Waals surface area (Å²) in [5.74, 6) is -0.287. The Labute approximate surface area is 168 Å². The smallest absolute Gasteiger partial charge is 0.254 e. The molecule has 0 aliphatic rings. The zero-order valence-electron chi connectivity index (χ0n) is 15.9. The number of carbonyl (C=O) groups excluding carboxylic acids is 1. The van der Waals surface area contributed by atoms with Crippen LogP contribution in [0, 0.1) is 5.21 Å². The van der Waals surface area contributed by atoms with E-state index in [0.29, 0.717) is 32.6 Å². The van der Waals surface area contributed by atoms with E-state index in [1.807, 2.05) is 61.5 Å². The van der Waals surface area contributed by atoms with Crippen LogP contribution in [-0.4, -0.2) is 10.9 Å². The number of nitrogens with one attached hydrogen (secondary N) is 1. The molecule has 1 amide bonds. The summed E-state index contributed by atoms with van der Waals surface area (Å²) in [7, 11) is 0. The quantitative estimate of drug-likeness (QED) is 0.415. The molecule has 1 atom stereocenters. The van der Waals surface area contributed by atoms with Crippen LogP contribution in [0.4, 0.5) is 5.69 Å². The molecule has 0 bridgehead atoms. The Bertz CT molecular complexity index is 1170. The van der Waals surface area contributed by atoms with Gasteiger partial charge in [0, 0.05) is 23.1 Å². The molecule has 2 heterocycles. The first-order valence-corrected chi connectivity index (χ1v) is 9.28. The summed E-state index contributed by atoms with van der Waals surface area (Å²) < 4.78 is 0.707. The number of pyridine rings is 2. The number of benzene rings is 2. The molecule has 144 valence electrons. The highest BCUT2D eigenvalue weighted by molar-refractivity contribution is 6.12. The van der Waals surface area contributed by atoms with Gasteiger partial charge >= 0.3 is 0 Å². The van der Waals surface area contributed by atoms with Gasteiger partial charge in [0.2, 0.25) is 0 Å². The van der Waals surface area contributed by atoms with Crippen LogP contribution in [0.2, 0.25) is 0 Å². The lowest BCUT2D eigenvalue weighted by molar-refractivity contribution is -0.605. The van der Waals surface area contributed by atoms with Gasteiger partial charge < -0.3 is 16.3 Å². The summed E-state index contributed by atoms with van der Waals surface area (Å²) in [4.78, 5) is 17.9. The van der Waals surface area contributed by atoms with Crippen molar-refractivity contribution in [3.63, 3.8) is 0 Å². The summed E-state index contributed by atoms with van der Waals surface area (Å²) in [5, 5.41) is 14.9. The van der Waals surface area contributed by atoms with Gasteiger partial charge in [0.15, 0.2) is 12.4 Å². The van der Waals surface area contributed by atoms with Crippen molar-refractivity contribution in [3.05, 3.63) is 95.5 Å². The highest BCUT2D eigenvalue weighted by atomic mass is 16.5. The van der Waals surface area contributed by atoms with Gasteiger partial charge in [0.1, 0.15) is 0 Å². The van der Waals surface area contributed by atoms with Crippen molar-refractivity contribution < 1.29 is 9.52 Å². The van der Waals surface area contributed by atoms with Gasteiger partial charge in [-0.25, -0.2) is 4.98 Å². The molecule has 3 N–H and O–H groups in total. The van der Waals surface area contributed by atoms with Crippen LogP contribution in [0.5, 0.6) is 0 Å². The van der Waals surface area contributed by atoms with Crippen LogP contribution < -0.4 is 15.8 Å². The molecule has 0 radical (unpaired) electrons. The zero-order chi connectivity index (χ0) is 20.4. The van der Waals surface area contributed by atoms with Gasteiger partial charge in [-0.15, -0.1) is 0 Å². The number of hydrogen-bond donors (Lipinski definition) is 2. The number of nitrogens with two attached hydrogens (primary N) is 1. The van der Waals surface area contributed by atoms with Gasteiger partial charge in [-0.2, -0.15) is 4.73 Å². The minimum Gasteiger partial charge on any atom is -0.619 e. The summed E-state index contributed by atoms with van der Waals surface area (Å²) >= 11 is 0.